The van der Waals surface area contributed by atoms with E-state index < -0.39 is 0 Å². The molecule has 2 atom stereocenters. The molecule has 0 saturated carbocycles. The molecule has 0 fully saturated rings. The number of nitrogens with zero attached hydrogens (tertiary/aromatic N) is 2. The first kappa shape index (κ1) is 16.7. The zero-order valence-corrected chi connectivity index (χ0v) is 14.2. The predicted molar refractivity (Wildman–Crippen MR) is 90.2 cm³/mol. The molecule has 120 valence electrons. The van der Waals surface area contributed by atoms with Crippen LogP contribution in [0.25, 0.3) is 0 Å². The monoisotopic (exact) mass is 320 g/mol. The number of aromatic nitrogens is 2. The molecule has 0 unspecified atom stereocenters. The van der Waals surface area contributed by atoms with E-state index >= 15 is 0 Å². The average Bonchev–Trinajstić information content (AvgIpc) is 3.15. The van der Waals surface area contributed by atoms with E-state index in [1.165, 1.54) is 4.88 Å². The second-order valence-corrected chi connectivity index (χ2v) is 6.62. The molecule has 0 aliphatic heterocycles. The van der Waals surface area contributed by atoms with Crippen LogP contribution in [0, 0.1) is 6.92 Å². The van der Waals surface area contributed by atoms with Crippen molar-refractivity contribution in [1.82, 2.24) is 20.4 Å². The summed E-state index contributed by atoms with van der Waals surface area (Å²) in [6.07, 6.45) is 4.76. The van der Waals surface area contributed by atoms with Crippen molar-refractivity contribution in [1.29, 1.82) is 0 Å². The van der Waals surface area contributed by atoms with Gasteiger partial charge >= 0.3 is 0 Å². The maximum absolute atomic E-state index is 11.8. The Morgan fingerprint density at radius 3 is 2.91 bits per heavy atom. The molecule has 22 heavy (non-hydrogen) atoms. The van der Waals surface area contributed by atoms with Gasteiger partial charge in [0.1, 0.15) is 0 Å². The molecule has 0 spiro atoms. The van der Waals surface area contributed by atoms with E-state index in [9.17, 15) is 4.79 Å². The minimum Gasteiger partial charge on any atom is -0.355 e. The van der Waals surface area contributed by atoms with Crippen LogP contribution in [0.4, 0.5) is 0 Å². The van der Waals surface area contributed by atoms with Crippen LogP contribution in [0.3, 0.4) is 0 Å². The van der Waals surface area contributed by atoms with Crippen molar-refractivity contribution in [3.8, 4) is 0 Å². The normalized spacial score (nSPS) is 13.8. The van der Waals surface area contributed by atoms with Gasteiger partial charge < -0.3 is 10.6 Å². The minimum atomic E-state index is 0.0345. The number of rotatable bonds is 8. The molecule has 2 rings (SSSR count). The Bertz CT molecular complexity index is 579. The molecule has 0 aliphatic rings. The SMILES string of the molecule is Cc1cnn([C@H](C)[C@@H](C)NCC(=O)NCCc2cccs2)c1. The van der Waals surface area contributed by atoms with Gasteiger partial charge in [-0.1, -0.05) is 6.07 Å². The van der Waals surface area contributed by atoms with Crippen molar-refractivity contribution in [3.05, 3.63) is 40.3 Å². The highest BCUT2D eigenvalue weighted by Gasteiger charge is 2.15. The summed E-state index contributed by atoms with van der Waals surface area (Å²) in [5.74, 6) is 0.0345. The highest BCUT2D eigenvalue weighted by Crippen LogP contribution is 2.10. The summed E-state index contributed by atoms with van der Waals surface area (Å²) in [6, 6.07) is 4.49. The molecule has 2 N–H and O–H groups in total. The van der Waals surface area contributed by atoms with Crippen molar-refractivity contribution in [2.45, 2.75) is 39.3 Å². The second-order valence-electron chi connectivity index (χ2n) is 5.59. The van der Waals surface area contributed by atoms with Crippen LogP contribution in [-0.2, 0) is 11.2 Å². The number of amides is 1. The minimum absolute atomic E-state index is 0.0345. The van der Waals surface area contributed by atoms with Crippen LogP contribution >= 0.6 is 11.3 Å². The zero-order valence-electron chi connectivity index (χ0n) is 13.4. The third-order valence-corrected chi connectivity index (χ3v) is 4.67. The van der Waals surface area contributed by atoms with E-state index in [-0.39, 0.29) is 18.0 Å². The van der Waals surface area contributed by atoms with Crippen molar-refractivity contribution < 1.29 is 4.79 Å². The van der Waals surface area contributed by atoms with Crippen molar-refractivity contribution in [2.75, 3.05) is 13.1 Å². The van der Waals surface area contributed by atoms with Gasteiger partial charge in [-0.3, -0.25) is 9.48 Å². The number of hydrogen-bond acceptors (Lipinski definition) is 4. The van der Waals surface area contributed by atoms with Crippen molar-refractivity contribution in [2.24, 2.45) is 0 Å². The molecule has 0 radical (unpaired) electrons. The van der Waals surface area contributed by atoms with Crippen LogP contribution in [0.1, 0.15) is 30.3 Å². The molecular formula is C16H24N4OS. The van der Waals surface area contributed by atoms with E-state index in [1.54, 1.807) is 11.3 Å². The lowest BCUT2D eigenvalue weighted by Crippen LogP contribution is -2.41. The Hall–Kier alpha value is -1.66. The van der Waals surface area contributed by atoms with Crippen LogP contribution in [-0.4, -0.2) is 34.8 Å². The predicted octanol–water partition coefficient (Wildman–Crippen LogP) is 2.15. The Balaban J connectivity index is 1.66. The summed E-state index contributed by atoms with van der Waals surface area (Å²) >= 11 is 1.72. The van der Waals surface area contributed by atoms with Gasteiger partial charge in [-0.05, 0) is 44.2 Å². The largest absolute Gasteiger partial charge is 0.355 e. The summed E-state index contributed by atoms with van der Waals surface area (Å²) in [5, 5.41) is 12.6. The lowest BCUT2D eigenvalue weighted by atomic mass is 10.2. The van der Waals surface area contributed by atoms with Crippen LogP contribution in [0.5, 0.6) is 0 Å². The number of hydrogen-bond donors (Lipinski definition) is 2. The summed E-state index contributed by atoms with van der Waals surface area (Å²) in [6.45, 7) is 7.20. The van der Waals surface area contributed by atoms with E-state index in [1.807, 2.05) is 30.1 Å². The van der Waals surface area contributed by atoms with Crippen molar-refractivity contribution >= 4 is 17.2 Å². The lowest BCUT2D eigenvalue weighted by molar-refractivity contribution is -0.120. The first-order valence-corrected chi connectivity index (χ1v) is 8.47. The molecule has 0 saturated heterocycles. The highest BCUT2D eigenvalue weighted by atomic mass is 32.1. The van der Waals surface area contributed by atoms with E-state index in [4.69, 9.17) is 0 Å². The van der Waals surface area contributed by atoms with Gasteiger partial charge in [0.15, 0.2) is 0 Å². The average molecular weight is 320 g/mol. The number of thiophene rings is 1. The van der Waals surface area contributed by atoms with Crippen LogP contribution in [0.15, 0.2) is 29.9 Å². The summed E-state index contributed by atoms with van der Waals surface area (Å²) in [7, 11) is 0. The topological polar surface area (TPSA) is 59.0 Å². The maximum atomic E-state index is 11.8. The number of carbonyl (C=O) groups is 1. The maximum Gasteiger partial charge on any atom is 0.233 e. The molecular weight excluding hydrogens is 296 g/mol. The fourth-order valence-corrected chi connectivity index (χ4v) is 2.86. The highest BCUT2D eigenvalue weighted by molar-refractivity contribution is 7.09. The molecule has 0 aromatic carbocycles. The van der Waals surface area contributed by atoms with Gasteiger partial charge in [-0.15, -0.1) is 11.3 Å². The van der Waals surface area contributed by atoms with Crippen LogP contribution < -0.4 is 10.6 Å². The Morgan fingerprint density at radius 2 is 2.27 bits per heavy atom. The second kappa shape index (κ2) is 8.10. The molecule has 2 aromatic rings. The van der Waals surface area contributed by atoms with Crippen molar-refractivity contribution in [3.63, 3.8) is 0 Å². The summed E-state index contributed by atoms with van der Waals surface area (Å²) in [5.41, 5.74) is 1.14. The van der Waals surface area contributed by atoms with Gasteiger partial charge in [0.05, 0.1) is 18.8 Å². The first-order valence-electron chi connectivity index (χ1n) is 7.59. The Labute approximate surface area is 135 Å². The standard InChI is InChI=1S/C16H24N4OS/c1-12-9-19-20(11-12)14(3)13(2)18-10-16(21)17-7-6-15-5-4-8-22-15/h4-5,8-9,11,13-14,18H,6-7,10H2,1-3H3,(H,17,21)/t13-,14-/m1/s1. The molecule has 2 aromatic heterocycles. The van der Waals surface area contributed by atoms with E-state index in [2.05, 4.69) is 41.0 Å². The number of nitrogens with one attached hydrogen (secondary N) is 2. The van der Waals surface area contributed by atoms with Gasteiger partial charge in [-0.25, -0.2) is 0 Å². The van der Waals surface area contributed by atoms with Gasteiger partial charge in [0, 0.05) is 23.7 Å². The first-order chi connectivity index (χ1) is 10.6. The van der Waals surface area contributed by atoms with Gasteiger partial charge in [-0.2, -0.15) is 5.10 Å². The Morgan fingerprint density at radius 1 is 1.45 bits per heavy atom. The molecule has 5 nitrogen and oxygen atoms in total. The Kier molecular flexibility index (Phi) is 6.15. The lowest BCUT2D eigenvalue weighted by Gasteiger charge is -2.21. The van der Waals surface area contributed by atoms with E-state index in [0.29, 0.717) is 13.1 Å². The van der Waals surface area contributed by atoms with E-state index in [0.717, 1.165) is 12.0 Å². The molecule has 6 heteroatoms. The number of aryl methyl sites for hydroxylation is 1. The quantitative estimate of drug-likeness (QED) is 0.783. The zero-order chi connectivity index (χ0) is 15.9. The molecule has 0 aliphatic carbocycles. The van der Waals surface area contributed by atoms with Crippen LogP contribution in [0.2, 0.25) is 0 Å². The summed E-state index contributed by atoms with van der Waals surface area (Å²) < 4.78 is 1.93. The third-order valence-electron chi connectivity index (χ3n) is 3.73. The summed E-state index contributed by atoms with van der Waals surface area (Å²) in [4.78, 5) is 13.1. The molecule has 1 amide bonds. The fraction of sp³-hybridized carbons (Fsp3) is 0.500. The molecule has 2 heterocycles. The molecule has 0 bridgehead atoms. The smallest absolute Gasteiger partial charge is 0.233 e. The van der Waals surface area contributed by atoms with Gasteiger partial charge in [0.2, 0.25) is 5.91 Å². The number of carbonyl (C=O) groups excluding carboxylic acids is 1. The third kappa shape index (κ3) is 4.96. The van der Waals surface area contributed by atoms with Gasteiger partial charge in [0.25, 0.3) is 0 Å². The fourth-order valence-electron chi connectivity index (χ4n) is 2.15.